The number of aromatic amines is 1. The van der Waals surface area contributed by atoms with Crippen molar-refractivity contribution in [3.63, 3.8) is 0 Å². The van der Waals surface area contributed by atoms with Crippen LogP contribution in [0.3, 0.4) is 0 Å². The number of amidine groups is 1. The van der Waals surface area contributed by atoms with Gasteiger partial charge in [0.1, 0.15) is 11.0 Å². The average molecular weight is 461 g/mol. The Morgan fingerprint density at radius 3 is 2.71 bits per heavy atom. The molecule has 0 aliphatic carbocycles. The fraction of sp³-hybridized carbons (Fsp3) is 0.222. The highest BCUT2D eigenvalue weighted by atomic mass is 32.2. The van der Waals surface area contributed by atoms with Crippen LogP contribution in [0.1, 0.15) is 12.5 Å². The molecule has 1 saturated heterocycles. The molecule has 4 rings (SSSR count). The molecule has 0 saturated carbocycles. The van der Waals surface area contributed by atoms with E-state index in [0.717, 1.165) is 36.1 Å². The average Bonchev–Trinajstić information content (AvgIpc) is 3.11. The molecule has 13 heteroatoms. The van der Waals surface area contributed by atoms with E-state index in [9.17, 15) is 4.21 Å². The highest BCUT2D eigenvalue weighted by molar-refractivity contribution is 7.97. The molecule has 11 nitrogen and oxygen atoms in total. The molecule has 31 heavy (non-hydrogen) atoms. The molecule has 3 aromatic rings. The first-order chi connectivity index (χ1) is 14.9. The summed E-state index contributed by atoms with van der Waals surface area (Å²) in [5.41, 5.74) is 17.5. The first kappa shape index (κ1) is 21.5. The maximum atomic E-state index is 13.2. The lowest BCUT2D eigenvalue weighted by Gasteiger charge is -2.39. The van der Waals surface area contributed by atoms with Crippen molar-refractivity contribution in [3.05, 3.63) is 35.9 Å². The number of fused-ring (bicyclic) bond motifs is 1. The predicted molar refractivity (Wildman–Crippen MR) is 125 cm³/mol. The zero-order valence-electron chi connectivity index (χ0n) is 16.7. The summed E-state index contributed by atoms with van der Waals surface area (Å²) in [6, 6.07) is 9.24. The third-order valence-corrected chi connectivity index (χ3v) is 7.28. The van der Waals surface area contributed by atoms with Crippen LogP contribution in [0.2, 0.25) is 0 Å². The minimum absolute atomic E-state index is 0.0985. The second-order valence-corrected chi connectivity index (χ2v) is 9.24. The van der Waals surface area contributed by atoms with Crippen molar-refractivity contribution >= 4 is 45.8 Å². The number of benzene rings is 2. The molecule has 164 valence electrons. The quantitative estimate of drug-likeness (QED) is 0.0775. The van der Waals surface area contributed by atoms with Gasteiger partial charge in [-0.1, -0.05) is 18.2 Å². The van der Waals surface area contributed by atoms with Crippen LogP contribution in [0.4, 0.5) is 5.95 Å². The number of nitrogens with zero attached hydrogens (tertiary/aromatic N) is 2. The van der Waals surface area contributed by atoms with Gasteiger partial charge in [-0.15, -0.1) is 5.10 Å². The van der Waals surface area contributed by atoms with Crippen LogP contribution >= 0.6 is 11.9 Å². The normalized spacial score (nSPS) is 16.8. The minimum Gasteiger partial charge on any atom is -0.382 e. The van der Waals surface area contributed by atoms with Gasteiger partial charge in [-0.25, -0.2) is 25.3 Å². The number of aromatic nitrogens is 2. The third kappa shape index (κ3) is 3.98. The molecule has 1 aliphatic heterocycles. The van der Waals surface area contributed by atoms with Gasteiger partial charge in [0.2, 0.25) is 0 Å². The van der Waals surface area contributed by atoms with Gasteiger partial charge in [-0.05, 0) is 36.6 Å². The summed E-state index contributed by atoms with van der Waals surface area (Å²) < 4.78 is 16.3. The van der Waals surface area contributed by atoms with Gasteiger partial charge < -0.3 is 21.8 Å². The molecule has 0 amide bonds. The van der Waals surface area contributed by atoms with Crippen LogP contribution < -0.4 is 38.0 Å². The van der Waals surface area contributed by atoms with Crippen LogP contribution in [-0.2, 0) is 11.0 Å². The minimum atomic E-state index is -1.53. The van der Waals surface area contributed by atoms with Crippen molar-refractivity contribution in [2.45, 2.75) is 22.3 Å². The summed E-state index contributed by atoms with van der Waals surface area (Å²) in [7, 11) is -1.53. The maximum absolute atomic E-state index is 13.2. The fourth-order valence-corrected chi connectivity index (χ4v) is 5.60. The van der Waals surface area contributed by atoms with E-state index in [-0.39, 0.29) is 11.4 Å². The highest BCUT2D eigenvalue weighted by Crippen LogP contribution is 2.37. The van der Waals surface area contributed by atoms with Crippen molar-refractivity contribution in [1.29, 1.82) is 0 Å². The Balaban J connectivity index is 1.91. The lowest BCUT2D eigenvalue weighted by atomic mass is 9.97. The summed E-state index contributed by atoms with van der Waals surface area (Å²) in [6.07, 6.45) is 0. The number of nitrogens with two attached hydrogens (primary N) is 4. The first-order valence-electron chi connectivity index (χ1n) is 9.34. The lowest BCUT2D eigenvalue weighted by molar-refractivity contribution is 0.283. The van der Waals surface area contributed by atoms with Crippen molar-refractivity contribution in [2.75, 3.05) is 18.8 Å². The Bertz CT molecular complexity index is 1190. The van der Waals surface area contributed by atoms with E-state index < -0.39 is 11.0 Å². The van der Waals surface area contributed by atoms with E-state index in [1.807, 2.05) is 31.2 Å². The molecule has 1 aromatic heterocycles. The molecule has 2 heterocycles. The molecular formula is C18H24N10OS2. The van der Waals surface area contributed by atoms with E-state index >= 15 is 0 Å². The van der Waals surface area contributed by atoms with Crippen LogP contribution in [0, 0.1) is 0 Å². The fourth-order valence-electron chi connectivity index (χ4n) is 3.55. The first-order valence-corrected chi connectivity index (χ1v) is 11.4. The number of hydrogen-bond acceptors (Lipinski definition) is 9. The predicted octanol–water partition coefficient (Wildman–Crippen LogP) is -0.164. The smallest absolute Gasteiger partial charge is 0.198 e. The monoisotopic (exact) mass is 460 g/mol. The van der Waals surface area contributed by atoms with E-state index in [4.69, 9.17) is 22.4 Å². The molecular weight excluding hydrogens is 436 g/mol. The van der Waals surface area contributed by atoms with Crippen molar-refractivity contribution in [3.8, 4) is 11.1 Å². The zero-order chi connectivity index (χ0) is 22.2. The number of hydrogen-bond donors (Lipinski definition) is 8. The highest BCUT2D eigenvalue weighted by Gasteiger charge is 2.34. The Morgan fingerprint density at radius 1 is 1.29 bits per heavy atom. The second-order valence-electron chi connectivity index (χ2n) is 7.42. The number of rotatable bonds is 7. The van der Waals surface area contributed by atoms with Gasteiger partial charge in [-0.3, -0.25) is 5.14 Å². The molecule has 1 atom stereocenters. The van der Waals surface area contributed by atoms with Gasteiger partial charge >= 0.3 is 0 Å². The standard InChI is InChI=1S/C18H24N10OS2/c1-18(7-23-8-18)27-31(29)12-6-5-9(13(15(12)30-22)16(19)26-28-21)10-3-2-4-11-14(10)25-17(20)24-11/h2-6,23,27-28H,7-8,21-22H2,1H3,(H2,19,26)(H3,20,24,25). The number of nitrogen functional groups attached to an aromatic ring is 1. The Labute approximate surface area is 185 Å². The van der Waals surface area contributed by atoms with E-state index in [0.29, 0.717) is 32.4 Å². The lowest BCUT2D eigenvalue weighted by Crippen LogP contribution is -2.66. The molecule has 0 radical (unpaired) electrons. The maximum Gasteiger partial charge on any atom is 0.198 e. The van der Waals surface area contributed by atoms with Gasteiger partial charge in [0.15, 0.2) is 11.8 Å². The van der Waals surface area contributed by atoms with E-state index in [1.165, 1.54) is 0 Å². The van der Waals surface area contributed by atoms with Gasteiger partial charge in [0.05, 0.1) is 26.4 Å². The number of hydrazone groups is 1. The number of hydrazine groups is 1. The molecule has 0 spiro atoms. The van der Waals surface area contributed by atoms with Gasteiger partial charge in [-0.2, -0.15) is 0 Å². The number of H-pyrrole nitrogens is 1. The van der Waals surface area contributed by atoms with Gasteiger partial charge in [0.25, 0.3) is 0 Å². The second kappa shape index (κ2) is 8.45. The molecule has 1 aliphatic rings. The van der Waals surface area contributed by atoms with Crippen LogP contribution in [0.15, 0.2) is 45.2 Å². The summed E-state index contributed by atoms with van der Waals surface area (Å²) in [6.45, 7) is 3.44. The zero-order valence-corrected chi connectivity index (χ0v) is 18.4. The summed E-state index contributed by atoms with van der Waals surface area (Å²) in [5, 5.41) is 13.2. The van der Waals surface area contributed by atoms with Crippen molar-refractivity contribution < 1.29 is 4.21 Å². The topological polar surface area (TPSA) is 198 Å². The number of anilines is 1. The Morgan fingerprint density at radius 2 is 2.06 bits per heavy atom. The van der Waals surface area contributed by atoms with Crippen LogP contribution in [0.5, 0.6) is 0 Å². The van der Waals surface area contributed by atoms with Crippen LogP contribution in [0.25, 0.3) is 22.2 Å². The SMILES string of the molecule is CC1(NS(=O)c2ccc(-c3cccc4[nH]c(N)nc34)c(/C(N)=N/NN)c2SN)CNC1. The Kier molecular flexibility index (Phi) is 5.88. The van der Waals surface area contributed by atoms with E-state index in [1.54, 1.807) is 6.07 Å². The van der Waals surface area contributed by atoms with E-state index in [2.05, 4.69) is 30.6 Å². The Hall–Kier alpha value is -2.68. The van der Waals surface area contributed by atoms with Crippen molar-refractivity contribution in [2.24, 2.45) is 21.8 Å². The molecule has 2 aromatic carbocycles. The largest absolute Gasteiger partial charge is 0.382 e. The summed E-state index contributed by atoms with van der Waals surface area (Å²) in [4.78, 5) is 8.44. The molecule has 12 N–H and O–H groups in total. The van der Waals surface area contributed by atoms with Crippen molar-refractivity contribution in [1.82, 2.24) is 25.5 Å². The molecule has 1 fully saturated rings. The van der Waals surface area contributed by atoms with Crippen LogP contribution in [-0.4, -0.2) is 38.6 Å². The molecule has 0 bridgehead atoms. The molecule has 1 unspecified atom stereocenters. The van der Waals surface area contributed by atoms with Gasteiger partial charge in [0, 0.05) is 24.2 Å². The number of nitrogens with one attached hydrogen (secondary N) is 4. The number of imidazole rings is 1. The number of para-hydroxylation sites is 1. The summed E-state index contributed by atoms with van der Waals surface area (Å²) >= 11 is 0.945. The summed E-state index contributed by atoms with van der Waals surface area (Å²) in [5.74, 6) is 5.78. The third-order valence-electron chi connectivity index (χ3n) is 5.07.